The van der Waals surface area contributed by atoms with Crippen LogP contribution in [0.25, 0.3) is 0 Å². The van der Waals surface area contributed by atoms with Crippen molar-refractivity contribution in [3.63, 3.8) is 0 Å². The third-order valence-electron chi connectivity index (χ3n) is 4.58. The SMILES string of the molecule is CCCC[Si](C)(C)O[Si](C)(C)CCCOCC(CC)(CO)CO. The van der Waals surface area contributed by atoms with Gasteiger partial charge in [0.2, 0.25) is 0 Å². The molecule has 0 aliphatic heterocycles. The number of hydrogen-bond donors (Lipinski definition) is 2. The van der Waals surface area contributed by atoms with E-state index in [2.05, 4.69) is 33.1 Å². The Hall–Kier alpha value is 0.274. The van der Waals surface area contributed by atoms with Crippen LogP contribution < -0.4 is 0 Å². The average Bonchev–Trinajstić information content (AvgIpc) is 2.48. The molecule has 0 radical (unpaired) electrons. The van der Waals surface area contributed by atoms with E-state index in [1.54, 1.807) is 0 Å². The van der Waals surface area contributed by atoms with Gasteiger partial charge in [-0.3, -0.25) is 0 Å². The quantitative estimate of drug-likeness (QED) is 0.361. The fourth-order valence-corrected chi connectivity index (χ4v) is 11.8. The Balaban J connectivity index is 4.11. The molecule has 0 aliphatic rings. The first-order valence-electron chi connectivity index (χ1n) is 9.15. The van der Waals surface area contributed by atoms with Gasteiger partial charge in [-0.2, -0.15) is 0 Å². The molecule has 0 spiro atoms. The molecule has 0 aromatic rings. The number of hydrogen-bond acceptors (Lipinski definition) is 4. The van der Waals surface area contributed by atoms with Crippen molar-refractivity contribution in [2.24, 2.45) is 5.41 Å². The molecule has 140 valence electrons. The van der Waals surface area contributed by atoms with E-state index in [-0.39, 0.29) is 13.2 Å². The molecule has 0 heterocycles. The molecule has 4 nitrogen and oxygen atoms in total. The van der Waals surface area contributed by atoms with Crippen LogP contribution in [0.15, 0.2) is 0 Å². The number of aliphatic hydroxyl groups is 2. The highest BCUT2D eigenvalue weighted by molar-refractivity contribution is 6.84. The summed E-state index contributed by atoms with van der Waals surface area (Å²) in [5.74, 6) is 0. The van der Waals surface area contributed by atoms with E-state index in [1.807, 2.05) is 6.92 Å². The Labute approximate surface area is 145 Å². The second-order valence-electron chi connectivity index (χ2n) is 8.05. The summed E-state index contributed by atoms with van der Waals surface area (Å²) in [4.78, 5) is 0. The zero-order valence-corrected chi connectivity index (χ0v) is 18.3. The summed E-state index contributed by atoms with van der Waals surface area (Å²) >= 11 is 0. The van der Waals surface area contributed by atoms with Gasteiger partial charge in [-0.1, -0.05) is 26.7 Å². The molecule has 23 heavy (non-hydrogen) atoms. The molecule has 2 N–H and O–H groups in total. The first-order valence-corrected chi connectivity index (χ1v) is 15.4. The van der Waals surface area contributed by atoms with Gasteiger partial charge in [0.05, 0.1) is 19.8 Å². The number of unbranched alkanes of at least 4 members (excludes halogenated alkanes) is 1. The van der Waals surface area contributed by atoms with Crippen molar-refractivity contribution in [1.82, 2.24) is 0 Å². The minimum atomic E-state index is -1.63. The number of rotatable bonds is 14. The van der Waals surface area contributed by atoms with Crippen molar-refractivity contribution in [3.05, 3.63) is 0 Å². The minimum Gasteiger partial charge on any atom is -0.455 e. The zero-order valence-electron chi connectivity index (χ0n) is 16.3. The van der Waals surface area contributed by atoms with E-state index >= 15 is 0 Å². The van der Waals surface area contributed by atoms with Gasteiger partial charge in [0, 0.05) is 12.0 Å². The van der Waals surface area contributed by atoms with E-state index in [9.17, 15) is 10.2 Å². The molecule has 0 bridgehead atoms. The Kier molecular flexibility index (Phi) is 11.1. The lowest BCUT2D eigenvalue weighted by Gasteiger charge is -2.34. The summed E-state index contributed by atoms with van der Waals surface area (Å²) in [5.41, 5.74) is -0.488. The zero-order chi connectivity index (χ0) is 18.0. The van der Waals surface area contributed by atoms with Gasteiger partial charge in [-0.05, 0) is 51.1 Å². The highest BCUT2D eigenvalue weighted by Gasteiger charge is 2.32. The minimum absolute atomic E-state index is 0.0272. The number of ether oxygens (including phenoxy) is 1. The van der Waals surface area contributed by atoms with Crippen LogP contribution in [0.2, 0.25) is 38.3 Å². The summed E-state index contributed by atoms with van der Waals surface area (Å²) in [5, 5.41) is 18.8. The van der Waals surface area contributed by atoms with Gasteiger partial charge in [-0.15, -0.1) is 0 Å². The molecule has 0 aliphatic carbocycles. The number of aliphatic hydroxyl groups excluding tert-OH is 2. The van der Waals surface area contributed by atoms with E-state index in [0.29, 0.717) is 13.2 Å². The van der Waals surface area contributed by atoms with Crippen molar-refractivity contribution in [2.75, 3.05) is 26.4 Å². The van der Waals surface area contributed by atoms with Gasteiger partial charge < -0.3 is 19.1 Å². The van der Waals surface area contributed by atoms with Crippen LogP contribution in [0.3, 0.4) is 0 Å². The Morgan fingerprint density at radius 1 is 0.870 bits per heavy atom. The molecule has 0 aromatic heterocycles. The summed E-state index contributed by atoms with van der Waals surface area (Å²) < 4.78 is 12.3. The topological polar surface area (TPSA) is 58.9 Å². The Bertz CT molecular complexity index is 297. The molecular formula is C17H40O4Si2. The lowest BCUT2D eigenvalue weighted by atomic mass is 9.88. The standard InChI is InChI=1S/C17H40O4Si2/c1-7-9-12-22(3,4)21-23(5,6)13-10-11-20-16-17(8-2,14-18)15-19/h18-19H,7-16H2,1-6H3. The summed E-state index contributed by atoms with van der Waals surface area (Å²) in [6.45, 7) is 14.6. The highest BCUT2D eigenvalue weighted by Crippen LogP contribution is 2.25. The second-order valence-corrected chi connectivity index (χ2v) is 16.9. The van der Waals surface area contributed by atoms with Gasteiger partial charge in [-0.25, -0.2) is 0 Å². The maximum Gasteiger partial charge on any atom is 0.173 e. The lowest BCUT2D eigenvalue weighted by molar-refractivity contribution is -0.0297. The average molecular weight is 365 g/mol. The van der Waals surface area contributed by atoms with Gasteiger partial charge in [0.25, 0.3) is 0 Å². The third kappa shape index (κ3) is 9.99. The van der Waals surface area contributed by atoms with E-state index in [0.717, 1.165) is 18.9 Å². The normalized spacial score (nSPS) is 13.6. The molecule has 0 rings (SSSR count). The monoisotopic (exact) mass is 364 g/mol. The molecule has 0 saturated heterocycles. The highest BCUT2D eigenvalue weighted by atomic mass is 28.4. The fraction of sp³-hybridized carbons (Fsp3) is 1.00. The first kappa shape index (κ1) is 23.3. The van der Waals surface area contributed by atoms with Crippen LogP contribution in [0.5, 0.6) is 0 Å². The third-order valence-corrected chi connectivity index (χ3v) is 12.1. The Morgan fingerprint density at radius 3 is 1.83 bits per heavy atom. The summed E-state index contributed by atoms with van der Waals surface area (Å²) in [6, 6.07) is 2.36. The maximum atomic E-state index is 9.41. The molecule has 6 heteroatoms. The smallest absolute Gasteiger partial charge is 0.173 e. The van der Waals surface area contributed by atoms with Crippen LogP contribution in [0.4, 0.5) is 0 Å². The van der Waals surface area contributed by atoms with Crippen molar-refractivity contribution < 1.29 is 19.1 Å². The van der Waals surface area contributed by atoms with E-state index in [1.165, 1.54) is 18.9 Å². The van der Waals surface area contributed by atoms with Crippen LogP contribution in [0, 0.1) is 5.41 Å². The summed E-state index contributed by atoms with van der Waals surface area (Å²) in [6.07, 6.45) is 4.23. The predicted molar refractivity (Wildman–Crippen MR) is 103 cm³/mol. The molecule has 0 atom stereocenters. The van der Waals surface area contributed by atoms with Crippen molar-refractivity contribution in [1.29, 1.82) is 0 Å². The van der Waals surface area contributed by atoms with Crippen LogP contribution in [-0.2, 0) is 8.85 Å². The largest absolute Gasteiger partial charge is 0.455 e. The van der Waals surface area contributed by atoms with E-state index < -0.39 is 22.0 Å². The lowest BCUT2D eigenvalue weighted by Crippen LogP contribution is -2.44. The molecule has 0 fully saturated rings. The van der Waals surface area contributed by atoms with Gasteiger partial charge >= 0.3 is 0 Å². The van der Waals surface area contributed by atoms with Crippen LogP contribution in [-0.4, -0.2) is 53.3 Å². The molecule has 0 aromatic carbocycles. The summed E-state index contributed by atoms with van der Waals surface area (Å²) in [7, 11) is -3.15. The molecule has 0 amide bonds. The van der Waals surface area contributed by atoms with Crippen molar-refractivity contribution in [2.45, 2.75) is 77.8 Å². The predicted octanol–water partition coefficient (Wildman–Crippen LogP) is 4.00. The Morgan fingerprint density at radius 2 is 1.39 bits per heavy atom. The first-order chi connectivity index (χ1) is 10.7. The van der Waals surface area contributed by atoms with E-state index in [4.69, 9.17) is 8.85 Å². The second kappa shape index (κ2) is 11.0. The molecule has 0 unspecified atom stereocenters. The maximum absolute atomic E-state index is 9.41. The molecular weight excluding hydrogens is 324 g/mol. The van der Waals surface area contributed by atoms with Gasteiger partial charge in [0.15, 0.2) is 16.6 Å². The van der Waals surface area contributed by atoms with Crippen LogP contribution >= 0.6 is 0 Å². The van der Waals surface area contributed by atoms with Crippen LogP contribution in [0.1, 0.15) is 39.5 Å². The fourth-order valence-electron chi connectivity index (χ4n) is 2.81. The van der Waals surface area contributed by atoms with Gasteiger partial charge in [0.1, 0.15) is 0 Å². The van der Waals surface area contributed by atoms with Crippen molar-refractivity contribution >= 4 is 16.6 Å². The molecule has 0 saturated carbocycles. The van der Waals surface area contributed by atoms with Crippen molar-refractivity contribution in [3.8, 4) is 0 Å².